The summed E-state index contributed by atoms with van der Waals surface area (Å²) in [5.74, 6) is 0.157. The number of aromatic nitrogens is 3. The van der Waals surface area contributed by atoms with Crippen LogP contribution in [0.15, 0.2) is 36.8 Å². The minimum absolute atomic E-state index is 0.0636. The standard InChI is InChI=1S/C22H23Cl2FN4O2/c1-13(20-17(23)3-4-18(25)21(20)24)31-19-9-14(10-27-22(19)30-2)15-11-28-29(12-15)16-5-7-26-8-6-16/h3-4,9-13,16,26H,5-8H2,1-2H3. The van der Waals surface area contributed by atoms with Crippen molar-refractivity contribution in [3.8, 4) is 22.8 Å². The Hall–Kier alpha value is -2.35. The van der Waals surface area contributed by atoms with E-state index in [0.717, 1.165) is 37.1 Å². The van der Waals surface area contributed by atoms with Crippen molar-refractivity contribution in [2.75, 3.05) is 20.2 Å². The van der Waals surface area contributed by atoms with E-state index in [-0.39, 0.29) is 5.02 Å². The second-order valence-corrected chi connectivity index (χ2v) is 8.22. The zero-order valence-electron chi connectivity index (χ0n) is 17.2. The quantitative estimate of drug-likeness (QED) is 0.490. The fourth-order valence-corrected chi connectivity index (χ4v) is 4.43. The number of hydrogen-bond donors (Lipinski definition) is 1. The van der Waals surface area contributed by atoms with Gasteiger partial charge in [-0.25, -0.2) is 9.37 Å². The Morgan fingerprint density at radius 2 is 1.97 bits per heavy atom. The summed E-state index contributed by atoms with van der Waals surface area (Å²) in [7, 11) is 1.51. The summed E-state index contributed by atoms with van der Waals surface area (Å²) in [6.07, 6.45) is 7.01. The van der Waals surface area contributed by atoms with Gasteiger partial charge in [0.05, 0.1) is 24.4 Å². The van der Waals surface area contributed by atoms with Crippen molar-refractivity contribution in [1.29, 1.82) is 0 Å². The molecule has 2 aromatic heterocycles. The molecule has 9 heteroatoms. The van der Waals surface area contributed by atoms with E-state index in [1.165, 1.54) is 19.2 Å². The highest BCUT2D eigenvalue weighted by atomic mass is 35.5. The molecule has 0 aliphatic carbocycles. The molecule has 4 rings (SSSR count). The molecular weight excluding hydrogens is 442 g/mol. The monoisotopic (exact) mass is 464 g/mol. The van der Waals surface area contributed by atoms with Crippen molar-refractivity contribution in [2.45, 2.75) is 31.9 Å². The summed E-state index contributed by atoms with van der Waals surface area (Å²) in [6, 6.07) is 4.89. The molecule has 0 radical (unpaired) electrons. The van der Waals surface area contributed by atoms with Gasteiger partial charge in [0.25, 0.3) is 5.88 Å². The van der Waals surface area contributed by atoms with Crippen LogP contribution < -0.4 is 14.8 Å². The van der Waals surface area contributed by atoms with Gasteiger partial charge in [0.15, 0.2) is 5.75 Å². The van der Waals surface area contributed by atoms with Gasteiger partial charge in [-0.3, -0.25) is 4.68 Å². The van der Waals surface area contributed by atoms with Crippen LogP contribution in [0.25, 0.3) is 11.1 Å². The van der Waals surface area contributed by atoms with E-state index in [9.17, 15) is 4.39 Å². The second-order valence-electron chi connectivity index (χ2n) is 7.44. The lowest BCUT2D eigenvalue weighted by Gasteiger charge is -2.22. The van der Waals surface area contributed by atoms with Crippen LogP contribution in [0.2, 0.25) is 10.0 Å². The maximum atomic E-state index is 13.9. The number of hydrogen-bond acceptors (Lipinski definition) is 5. The van der Waals surface area contributed by atoms with Gasteiger partial charge in [-0.05, 0) is 51.1 Å². The van der Waals surface area contributed by atoms with E-state index in [1.54, 1.807) is 13.1 Å². The Bertz CT molecular complexity index is 1070. The SMILES string of the molecule is COc1ncc(-c2cnn(C3CCNCC3)c2)cc1OC(C)c1c(Cl)ccc(F)c1Cl. The Labute approximate surface area is 190 Å². The number of nitrogens with one attached hydrogen (secondary N) is 1. The topological polar surface area (TPSA) is 61.2 Å². The lowest BCUT2D eigenvalue weighted by atomic mass is 10.1. The highest BCUT2D eigenvalue weighted by molar-refractivity contribution is 6.36. The zero-order chi connectivity index (χ0) is 22.0. The fourth-order valence-electron chi connectivity index (χ4n) is 3.75. The van der Waals surface area contributed by atoms with Gasteiger partial charge in [-0.1, -0.05) is 23.2 Å². The molecule has 31 heavy (non-hydrogen) atoms. The molecule has 6 nitrogen and oxygen atoms in total. The van der Waals surface area contributed by atoms with Crippen molar-refractivity contribution in [1.82, 2.24) is 20.1 Å². The summed E-state index contributed by atoms with van der Waals surface area (Å²) in [5.41, 5.74) is 2.13. The molecule has 3 heterocycles. The molecule has 1 aliphatic rings. The Morgan fingerprint density at radius 1 is 1.19 bits per heavy atom. The van der Waals surface area contributed by atoms with Crippen molar-refractivity contribution in [3.05, 3.63) is 58.2 Å². The Morgan fingerprint density at radius 3 is 2.71 bits per heavy atom. The van der Waals surface area contributed by atoms with Crippen molar-refractivity contribution in [2.24, 2.45) is 0 Å². The third-order valence-electron chi connectivity index (χ3n) is 5.42. The first-order valence-electron chi connectivity index (χ1n) is 10.1. The summed E-state index contributed by atoms with van der Waals surface area (Å²) in [5, 5.41) is 8.17. The van der Waals surface area contributed by atoms with Crippen molar-refractivity contribution in [3.63, 3.8) is 0 Å². The van der Waals surface area contributed by atoms with Crippen molar-refractivity contribution >= 4 is 23.2 Å². The Balaban J connectivity index is 1.61. The average Bonchev–Trinajstić information content (AvgIpc) is 3.27. The molecule has 1 unspecified atom stereocenters. The first-order valence-corrected chi connectivity index (χ1v) is 10.8. The van der Waals surface area contributed by atoms with E-state index in [1.807, 2.05) is 23.1 Å². The highest BCUT2D eigenvalue weighted by Gasteiger charge is 2.21. The van der Waals surface area contributed by atoms with Crippen LogP contribution in [0.3, 0.4) is 0 Å². The molecule has 1 fully saturated rings. The zero-order valence-corrected chi connectivity index (χ0v) is 18.8. The van der Waals surface area contributed by atoms with Gasteiger partial charge in [-0.2, -0.15) is 5.10 Å². The van der Waals surface area contributed by atoms with Gasteiger partial charge in [-0.15, -0.1) is 0 Å². The summed E-state index contributed by atoms with van der Waals surface area (Å²) >= 11 is 12.4. The number of rotatable bonds is 6. The van der Waals surface area contributed by atoms with E-state index in [0.29, 0.717) is 28.3 Å². The lowest BCUT2D eigenvalue weighted by molar-refractivity contribution is 0.213. The Kier molecular flexibility index (Phi) is 6.65. The maximum Gasteiger partial charge on any atom is 0.256 e. The van der Waals surface area contributed by atoms with Gasteiger partial charge >= 0.3 is 0 Å². The number of pyridine rings is 1. The number of benzene rings is 1. The lowest BCUT2D eigenvalue weighted by Crippen LogP contribution is -2.29. The molecule has 0 bridgehead atoms. The van der Waals surface area contributed by atoms with Gasteiger partial charge in [0, 0.05) is 34.1 Å². The molecule has 0 amide bonds. The number of halogens is 3. The predicted octanol–water partition coefficient (Wildman–Crippen LogP) is 5.46. The molecule has 1 aliphatic heterocycles. The smallest absolute Gasteiger partial charge is 0.256 e. The van der Waals surface area contributed by atoms with Crippen LogP contribution in [0, 0.1) is 5.82 Å². The minimum atomic E-state index is -0.626. The summed E-state index contributed by atoms with van der Waals surface area (Å²) in [6.45, 7) is 3.73. The predicted molar refractivity (Wildman–Crippen MR) is 119 cm³/mol. The van der Waals surface area contributed by atoms with Crippen LogP contribution in [0.1, 0.15) is 37.5 Å². The van der Waals surface area contributed by atoms with Crippen LogP contribution in [0.4, 0.5) is 4.39 Å². The van der Waals surface area contributed by atoms with Crippen LogP contribution in [-0.4, -0.2) is 35.0 Å². The molecule has 1 atom stereocenters. The third kappa shape index (κ3) is 4.63. The normalized spacial score (nSPS) is 15.6. The van der Waals surface area contributed by atoms with Gasteiger partial charge in [0.1, 0.15) is 11.9 Å². The molecule has 1 aromatic carbocycles. The summed E-state index contributed by atoms with van der Waals surface area (Å²) in [4.78, 5) is 4.37. The molecule has 1 N–H and O–H groups in total. The van der Waals surface area contributed by atoms with Crippen LogP contribution in [0.5, 0.6) is 11.6 Å². The average molecular weight is 465 g/mol. The number of piperidine rings is 1. The summed E-state index contributed by atoms with van der Waals surface area (Å²) < 4.78 is 27.4. The number of methoxy groups -OCH3 is 1. The highest BCUT2D eigenvalue weighted by Crippen LogP contribution is 2.38. The number of ether oxygens (including phenoxy) is 2. The molecule has 0 spiro atoms. The van der Waals surface area contributed by atoms with E-state index >= 15 is 0 Å². The van der Waals surface area contributed by atoms with Gasteiger partial charge < -0.3 is 14.8 Å². The largest absolute Gasteiger partial charge is 0.480 e. The minimum Gasteiger partial charge on any atom is -0.480 e. The molecular formula is C22H23Cl2FN4O2. The van der Waals surface area contributed by atoms with Crippen LogP contribution in [-0.2, 0) is 0 Å². The first kappa shape index (κ1) is 21.9. The van der Waals surface area contributed by atoms with Crippen molar-refractivity contribution < 1.29 is 13.9 Å². The second kappa shape index (κ2) is 9.42. The van der Waals surface area contributed by atoms with Gasteiger partial charge in [0.2, 0.25) is 0 Å². The number of nitrogens with zero attached hydrogens (tertiary/aromatic N) is 3. The molecule has 0 saturated carbocycles. The molecule has 1 saturated heterocycles. The third-order valence-corrected chi connectivity index (χ3v) is 6.13. The van der Waals surface area contributed by atoms with Crippen LogP contribution >= 0.6 is 23.2 Å². The van der Waals surface area contributed by atoms with E-state index in [4.69, 9.17) is 32.7 Å². The molecule has 164 valence electrons. The van der Waals surface area contributed by atoms with E-state index in [2.05, 4.69) is 15.4 Å². The fraction of sp³-hybridized carbons (Fsp3) is 0.364. The van der Waals surface area contributed by atoms with E-state index < -0.39 is 11.9 Å². The molecule has 3 aromatic rings. The maximum absolute atomic E-state index is 13.9. The first-order chi connectivity index (χ1) is 15.0.